The molecule has 0 aromatic heterocycles. The van der Waals surface area contributed by atoms with E-state index in [1.807, 2.05) is 30.0 Å². The quantitative estimate of drug-likeness (QED) is 0.802. The summed E-state index contributed by atoms with van der Waals surface area (Å²) in [4.78, 5) is 14.1. The van der Waals surface area contributed by atoms with Gasteiger partial charge in [0, 0.05) is 31.7 Å². The minimum atomic E-state index is 0.0460. The van der Waals surface area contributed by atoms with Crippen LogP contribution in [-0.4, -0.2) is 48.6 Å². The Morgan fingerprint density at radius 3 is 2.72 bits per heavy atom. The van der Waals surface area contributed by atoms with Crippen LogP contribution >= 0.6 is 0 Å². The summed E-state index contributed by atoms with van der Waals surface area (Å²) >= 11 is 0. The van der Waals surface area contributed by atoms with Gasteiger partial charge < -0.3 is 9.64 Å². The van der Waals surface area contributed by atoms with Crippen LogP contribution in [0.15, 0.2) is 24.3 Å². The first-order valence-electron chi connectivity index (χ1n) is 6.22. The molecule has 0 aliphatic carbocycles. The first kappa shape index (κ1) is 12.9. The van der Waals surface area contributed by atoms with E-state index in [1.165, 1.54) is 0 Å². The predicted octanol–water partition coefficient (Wildman–Crippen LogP) is 0.717. The Balaban J connectivity index is 2.06. The van der Waals surface area contributed by atoms with Crippen molar-refractivity contribution in [3.8, 4) is 5.75 Å². The molecule has 98 valence electrons. The Kier molecular flexibility index (Phi) is 4.17. The summed E-state index contributed by atoms with van der Waals surface area (Å²) < 4.78 is 5.40. The number of hydrogen-bond donors (Lipinski definition) is 1. The second-order valence-electron chi connectivity index (χ2n) is 4.29. The van der Waals surface area contributed by atoms with Crippen LogP contribution in [0.3, 0.4) is 0 Å². The summed E-state index contributed by atoms with van der Waals surface area (Å²) in [6, 6.07) is 7.32. The molecule has 1 saturated heterocycles. The number of rotatable bonds is 3. The second kappa shape index (κ2) is 5.84. The maximum Gasteiger partial charge on any atom is 0.254 e. The van der Waals surface area contributed by atoms with Gasteiger partial charge in [-0.1, -0.05) is 6.07 Å². The minimum absolute atomic E-state index is 0.0460. The summed E-state index contributed by atoms with van der Waals surface area (Å²) in [5.74, 6) is 6.46. The molecule has 1 fully saturated rings. The number of hydrazine groups is 1. The van der Waals surface area contributed by atoms with Crippen LogP contribution in [0.2, 0.25) is 0 Å². The highest BCUT2D eigenvalue weighted by molar-refractivity contribution is 5.94. The number of carbonyl (C=O) groups excluding carboxylic acids is 1. The highest BCUT2D eigenvalue weighted by Gasteiger charge is 2.20. The molecule has 18 heavy (non-hydrogen) atoms. The molecule has 5 heteroatoms. The molecule has 1 heterocycles. The smallest absolute Gasteiger partial charge is 0.254 e. The van der Waals surface area contributed by atoms with Crippen LogP contribution in [0.5, 0.6) is 5.75 Å². The van der Waals surface area contributed by atoms with Crippen molar-refractivity contribution in [2.45, 2.75) is 6.92 Å². The summed E-state index contributed by atoms with van der Waals surface area (Å²) in [6.45, 7) is 5.31. The molecule has 1 amide bonds. The molecule has 0 saturated carbocycles. The summed E-state index contributed by atoms with van der Waals surface area (Å²) in [5.41, 5.74) is 0.673. The van der Waals surface area contributed by atoms with Crippen molar-refractivity contribution in [3.05, 3.63) is 29.8 Å². The zero-order valence-electron chi connectivity index (χ0n) is 10.6. The first-order chi connectivity index (χ1) is 8.70. The molecular formula is C13H19N3O2. The third kappa shape index (κ3) is 3.00. The van der Waals surface area contributed by atoms with Gasteiger partial charge in [0.25, 0.3) is 5.91 Å². The lowest BCUT2D eigenvalue weighted by Gasteiger charge is -2.32. The normalized spacial score (nSPS) is 16.7. The third-order valence-corrected chi connectivity index (χ3v) is 2.99. The molecule has 1 aliphatic rings. The first-order valence-corrected chi connectivity index (χ1v) is 6.22. The van der Waals surface area contributed by atoms with Gasteiger partial charge in [0.15, 0.2) is 0 Å². The van der Waals surface area contributed by atoms with Crippen LogP contribution in [0, 0.1) is 0 Å². The maximum atomic E-state index is 12.3. The van der Waals surface area contributed by atoms with Gasteiger partial charge in [0.05, 0.1) is 6.61 Å². The van der Waals surface area contributed by atoms with E-state index in [4.69, 9.17) is 10.6 Å². The monoisotopic (exact) mass is 249 g/mol. The van der Waals surface area contributed by atoms with E-state index in [1.54, 1.807) is 11.1 Å². The Labute approximate surface area is 107 Å². The Bertz CT molecular complexity index is 414. The fourth-order valence-electron chi connectivity index (χ4n) is 1.99. The van der Waals surface area contributed by atoms with Crippen LogP contribution < -0.4 is 10.6 Å². The molecular weight excluding hydrogens is 230 g/mol. The fourth-order valence-corrected chi connectivity index (χ4v) is 1.99. The SMILES string of the molecule is CCOc1cccc(C(=O)N2CCN(N)CC2)c1. The number of piperazine rings is 1. The Morgan fingerprint density at radius 2 is 2.06 bits per heavy atom. The summed E-state index contributed by atoms with van der Waals surface area (Å²) in [5, 5.41) is 1.74. The lowest BCUT2D eigenvalue weighted by Crippen LogP contribution is -2.51. The van der Waals surface area contributed by atoms with E-state index < -0.39 is 0 Å². The molecule has 0 atom stereocenters. The zero-order valence-corrected chi connectivity index (χ0v) is 10.6. The largest absolute Gasteiger partial charge is 0.494 e. The molecule has 1 aromatic rings. The van der Waals surface area contributed by atoms with Gasteiger partial charge >= 0.3 is 0 Å². The van der Waals surface area contributed by atoms with Gasteiger partial charge in [0.1, 0.15) is 5.75 Å². The number of hydrogen-bond acceptors (Lipinski definition) is 4. The van der Waals surface area contributed by atoms with E-state index in [9.17, 15) is 4.79 Å². The summed E-state index contributed by atoms with van der Waals surface area (Å²) in [6.07, 6.45) is 0. The van der Waals surface area contributed by atoms with Crippen LogP contribution in [0.25, 0.3) is 0 Å². The van der Waals surface area contributed by atoms with Crippen LogP contribution in [-0.2, 0) is 0 Å². The average Bonchev–Trinajstić information content (AvgIpc) is 2.39. The van der Waals surface area contributed by atoms with Gasteiger partial charge in [-0.15, -0.1) is 0 Å². The zero-order chi connectivity index (χ0) is 13.0. The standard InChI is InChI=1S/C13H19N3O2/c1-2-18-12-5-3-4-11(10-12)13(17)15-6-8-16(14)9-7-15/h3-5,10H,2,6-9,14H2,1H3. The topological polar surface area (TPSA) is 58.8 Å². The molecule has 0 unspecified atom stereocenters. The van der Waals surface area contributed by atoms with E-state index in [0.29, 0.717) is 25.3 Å². The lowest BCUT2D eigenvalue weighted by atomic mass is 10.1. The Hall–Kier alpha value is -1.59. The number of amides is 1. The Morgan fingerprint density at radius 1 is 1.33 bits per heavy atom. The van der Waals surface area contributed by atoms with Gasteiger partial charge in [-0.05, 0) is 25.1 Å². The second-order valence-corrected chi connectivity index (χ2v) is 4.29. The van der Waals surface area contributed by atoms with E-state index in [-0.39, 0.29) is 5.91 Å². The van der Waals surface area contributed by atoms with Gasteiger partial charge in [-0.25, -0.2) is 5.01 Å². The molecule has 1 aromatic carbocycles. The number of nitrogens with zero attached hydrogens (tertiary/aromatic N) is 2. The van der Waals surface area contributed by atoms with Gasteiger partial charge in [0.2, 0.25) is 0 Å². The minimum Gasteiger partial charge on any atom is -0.494 e. The van der Waals surface area contributed by atoms with E-state index >= 15 is 0 Å². The molecule has 0 radical (unpaired) electrons. The average molecular weight is 249 g/mol. The molecule has 0 spiro atoms. The van der Waals surface area contributed by atoms with Crippen LogP contribution in [0.1, 0.15) is 17.3 Å². The third-order valence-electron chi connectivity index (χ3n) is 2.99. The van der Waals surface area contributed by atoms with E-state index in [0.717, 1.165) is 18.8 Å². The van der Waals surface area contributed by atoms with Crippen molar-refractivity contribution in [1.82, 2.24) is 9.91 Å². The molecule has 5 nitrogen and oxygen atoms in total. The van der Waals surface area contributed by atoms with Crippen molar-refractivity contribution < 1.29 is 9.53 Å². The van der Waals surface area contributed by atoms with Crippen molar-refractivity contribution in [1.29, 1.82) is 0 Å². The van der Waals surface area contributed by atoms with Crippen LogP contribution in [0.4, 0.5) is 0 Å². The molecule has 1 aliphatic heterocycles. The highest BCUT2D eigenvalue weighted by Crippen LogP contribution is 2.15. The van der Waals surface area contributed by atoms with Crippen molar-refractivity contribution >= 4 is 5.91 Å². The molecule has 2 rings (SSSR count). The van der Waals surface area contributed by atoms with Crippen molar-refractivity contribution in [3.63, 3.8) is 0 Å². The number of benzene rings is 1. The number of ether oxygens (including phenoxy) is 1. The molecule has 0 bridgehead atoms. The fraction of sp³-hybridized carbons (Fsp3) is 0.462. The lowest BCUT2D eigenvalue weighted by molar-refractivity contribution is 0.0637. The van der Waals surface area contributed by atoms with Crippen molar-refractivity contribution in [2.75, 3.05) is 32.8 Å². The molecule has 2 N–H and O–H groups in total. The van der Waals surface area contributed by atoms with Gasteiger partial charge in [-0.2, -0.15) is 0 Å². The highest BCUT2D eigenvalue weighted by atomic mass is 16.5. The number of carbonyl (C=O) groups is 1. The summed E-state index contributed by atoms with van der Waals surface area (Å²) in [7, 11) is 0. The van der Waals surface area contributed by atoms with E-state index in [2.05, 4.69) is 0 Å². The number of nitrogens with two attached hydrogens (primary N) is 1. The maximum absolute atomic E-state index is 12.3. The predicted molar refractivity (Wildman–Crippen MR) is 69.3 cm³/mol. The van der Waals surface area contributed by atoms with Crippen molar-refractivity contribution in [2.24, 2.45) is 5.84 Å². The van der Waals surface area contributed by atoms with Gasteiger partial charge in [-0.3, -0.25) is 10.6 Å².